The van der Waals surface area contributed by atoms with E-state index in [1.807, 2.05) is 6.92 Å². The van der Waals surface area contributed by atoms with Crippen molar-refractivity contribution in [1.82, 2.24) is 0 Å². The molecule has 0 aliphatic rings. The third-order valence-corrected chi connectivity index (χ3v) is 2.62. The second-order valence-electron chi connectivity index (χ2n) is 4.05. The fraction of sp³-hybridized carbons (Fsp3) is 0.0714. The fourth-order valence-electron chi connectivity index (χ4n) is 1.64. The number of carbonyl (C=O) groups is 1. The highest BCUT2D eigenvalue weighted by atomic mass is 19.1. The zero-order chi connectivity index (χ0) is 13.3. The first-order valence-electron chi connectivity index (χ1n) is 5.35. The van der Waals surface area contributed by atoms with Gasteiger partial charge in [0.1, 0.15) is 5.82 Å². The molecule has 2 nitrogen and oxygen atoms in total. The summed E-state index contributed by atoms with van der Waals surface area (Å²) in [5.74, 6) is -2.20. The van der Waals surface area contributed by atoms with Gasteiger partial charge in [0.15, 0.2) is 11.6 Å². The highest BCUT2D eigenvalue weighted by molar-refractivity contribution is 6.09. The lowest BCUT2D eigenvalue weighted by molar-refractivity contribution is 0.103. The lowest BCUT2D eigenvalue weighted by atomic mass is 10.0. The maximum atomic E-state index is 13.7. The van der Waals surface area contributed by atoms with Crippen molar-refractivity contribution in [3.8, 4) is 0 Å². The first-order valence-corrected chi connectivity index (χ1v) is 5.35. The molecular weight excluding hydrogens is 236 g/mol. The summed E-state index contributed by atoms with van der Waals surface area (Å²) in [5.41, 5.74) is 5.85. The van der Waals surface area contributed by atoms with Gasteiger partial charge < -0.3 is 5.73 Å². The average molecular weight is 247 g/mol. The van der Waals surface area contributed by atoms with Crippen molar-refractivity contribution in [3.63, 3.8) is 0 Å². The molecule has 0 fully saturated rings. The van der Waals surface area contributed by atoms with Crippen LogP contribution in [-0.4, -0.2) is 5.78 Å². The number of nitrogen functional groups attached to an aromatic ring is 1. The Bertz CT molecular complexity index is 606. The van der Waals surface area contributed by atoms with Gasteiger partial charge in [0.25, 0.3) is 0 Å². The van der Waals surface area contributed by atoms with Crippen LogP contribution < -0.4 is 5.73 Å². The molecule has 0 heterocycles. The lowest BCUT2D eigenvalue weighted by Crippen LogP contribution is -2.07. The van der Waals surface area contributed by atoms with E-state index in [4.69, 9.17) is 5.73 Å². The van der Waals surface area contributed by atoms with Gasteiger partial charge in [-0.2, -0.15) is 0 Å². The summed E-state index contributed by atoms with van der Waals surface area (Å²) in [5, 5.41) is 0. The van der Waals surface area contributed by atoms with E-state index < -0.39 is 17.4 Å². The lowest BCUT2D eigenvalue weighted by Gasteiger charge is -2.05. The fourth-order valence-corrected chi connectivity index (χ4v) is 1.64. The standard InChI is InChI=1S/C14H11F2NO/c1-8-2-4-9(5-3-8)14(18)11-6-10(15)7-12(17)13(11)16/h2-7H,17H2,1H3. The average Bonchev–Trinajstić information content (AvgIpc) is 2.34. The van der Waals surface area contributed by atoms with E-state index in [0.29, 0.717) is 5.56 Å². The molecule has 2 aromatic carbocycles. The molecule has 2 rings (SSSR count). The van der Waals surface area contributed by atoms with E-state index in [9.17, 15) is 13.6 Å². The predicted octanol–water partition coefficient (Wildman–Crippen LogP) is 3.09. The molecule has 2 aromatic rings. The highest BCUT2D eigenvalue weighted by Gasteiger charge is 2.17. The Morgan fingerprint density at radius 2 is 1.72 bits per heavy atom. The monoisotopic (exact) mass is 247 g/mol. The molecule has 0 bridgehead atoms. The number of benzene rings is 2. The Morgan fingerprint density at radius 1 is 1.11 bits per heavy atom. The number of anilines is 1. The topological polar surface area (TPSA) is 43.1 Å². The molecule has 0 aliphatic heterocycles. The van der Waals surface area contributed by atoms with Crippen LogP contribution in [0.5, 0.6) is 0 Å². The molecule has 0 spiro atoms. The Balaban J connectivity index is 2.49. The van der Waals surface area contributed by atoms with Crippen LogP contribution in [0, 0.1) is 18.6 Å². The van der Waals surface area contributed by atoms with E-state index in [-0.39, 0.29) is 11.3 Å². The number of halogens is 2. The summed E-state index contributed by atoms with van der Waals surface area (Å²) in [7, 11) is 0. The molecule has 92 valence electrons. The Labute approximate surface area is 103 Å². The van der Waals surface area contributed by atoms with Crippen LogP contribution in [0.2, 0.25) is 0 Å². The minimum absolute atomic E-state index is 0.296. The quantitative estimate of drug-likeness (QED) is 0.654. The smallest absolute Gasteiger partial charge is 0.196 e. The van der Waals surface area contributed by atoms with Crippen LogP contribution in [-0.2, 0) is 0 Å². The normalized spacial score (nSPS) is 10.4. The van der Waals surface area contributed by atoms with E-state index in [2.05, 4.69) is 0 Å². The van der Waals surface area contributed by atoms with Crippen LogP contribution in [0.25, 0.3) is 0 Å². The van der Waals surface area contributed by atoms with Crippen molar-refractivity contribution in [2.75, 3.05) is 5.73 Å². The predicted molar refractivity (Wildman–Crippen MR) is 65.4 cm³/mol. The molecule has 0 aliphatic carbocycles. The van der Waals surface area contributed by atoms with Gasteiger partial charge in [-0.05, 0) is 19.1 Å². The number of hydrogen-bond acceptors (Lipinski definition) is 2. The largest absolute Gasteiger partial charge is 0.396 e. The van der Waals surface area contributed by atoms with E-state index in [0.717, 1.165) is 17.7 Å². The van der Waals surface area contributed by atoms with Gasteiger partial charge in [0, 0.05) is 5.56 Å². The van der Waals surface area contributed by atoms with E-state index in [1.165, 1.54) is 0 Å². The second kappa shape index (κ2) is 4.56. The van der Waals surface area contributed by atoms with Crippen molar-refractivity contribution in [2.24, 2.45) is 0 Å². The summed E-state index contributed by atoms with van der Waals surface area (Å²) in [4.78, 5) is 12.0. The first kappa shape index (κ1) is 12.2. The van der Waals surface area contributed by atoms with Crippen molar-refractivity contribution in [3.05, 3.63) is 64.7 Å². The molecule has 0 saturated carbocycles. The molecule has 0 aromatic heterocycles. The Morgan fingerprint density at radius 3 is 2.33 bits per heavy atom. The summed E-state index contributed by atoms with van der Waals surface area (Å²) in [6.45, 7) is 1.87. The van der Waals surface area contributed by atoms with Crippen LogP contribution in [0.1, 0.15) is 21.5 Å². The zero-order valence-corrected chi connectivity index (χ0v) is 9.71. The van der Waals surface area contributed by atoms with Crippen LogP contribution in [0.3, 0.4) is 0 Å². The van der Waals surface area contributed by atoms with E-state index in [1.54, 1.807) is 24.3 Å². The maximum Gasteiger partial charge on any atom is 0.196 e. The van der Waals surface area contributed by atoms with Gasteiger partial charge in [0.05, 0.1) is 11.3 Å². The first-order chi connectivity index (χ1) is 8.49. The van der Waals surface area contributed by atoms with Crippen LogP contribution >= 0.6 is 0 Å². The molecule has 0 unspecified atom stereocenters. The molecule has 0 amide bonds. The molecular formula is C14H11F2NO. The van der Waals surface area contributed by atoms with Crippen molar-refractivity contribution in [1.29, 1.82) is 0 Å². The van der Waals surface area contributed by atoms with Crippen molar-refractivity contribution >= 4 is 11.5 Å². The summed E-state index contributed by atoms with van der Waals surface area (Å²) < 4.78 is 26.8. The SMILES string of the molecule is Cc1ccc(C(=O)c2cc(F)cc(N)c2F)cc1. The molecule has 0 radical (unpaired) electrons. The molecule has 0 atom stereocenters. The van der Waals surface area contributed by atoms with Gasteiger partial charge in [-0.3, -0.25) is 4.79 Å². The van der Waals surface area contributed by atoms with Crippen molar-refractivity contribution < 1.29 is 13.6 Å². The molecule has 4 heteroatoms. The minimum Gasteiger partial charge on any atom is -0.396 e. The van der Waals surface area contributed by atoms with E-state index >= 15 is 0 Å². The molecule has 0 saturated heterocycles. The maximum absolute atomic E-state index is 13.7. The van der Waals surface area contributed by atoms with Gasteiger partial charge in [-0.25, -0.2) is 8.78 Å². The summed E-state index contributed by atoms with van der Waals surface area (Å²) in [6.07, 6.45) is 0. The van der Waals surface area contributed by atoms with Crippen LogP contribution in [0.15, 0.2) is 36.4 Å². The van der Waals surface area contributed by atoms with Crippen molar-refractivity contribution in [2.45, 2.75) is 6.92 Å². The van der Waals surface area contributed by atoms with Gasteiger partial charge in [-0.1, -0.05) is 29.8 Å². The number of hydrogen-bond donors (Lipinski definition) is 1. The minimum atomic E-state index is -0.887. The zero-order valence-electron chi connectivity index (χ0n) is 9.71. The van der Waals surface area contributed by atoms with Gasteiger partial charge in [0.2, 0.25) is 0 Å². The number of ketones is 1. The molecule has 2 N–H and O–H groups in total. The third kappa shape index (κ3) is 2.22. The number of rotatable bonds is 2. The van der Waals surface area contributed by atoms with Gasteiger partial charge >= 0.3 is 0 Å². The van der Waals surface area contributed by atoms with Crippen LogP contribution in [0.4, 0.5) is 14.5 Å². The number of nitrogens with two attached hydrogens (primary N) is 1. The highest BCUT2D eigenvalue weighted by Crippen LogP contribution is 2.20. The number of carbonyl (C=O) groups excluding carboxylic acids is 1. The van der Waals surface area contributed by atoms with Gasteiger partial charge in [-0.15, -0.1) is 0 Å². The summed E-state index contributed by atoms with van der Waals surface area (Å²) in [6, 6.07) is 8.30. The Kier molecular flexibility index (Phi) is 3.10. The summed E-state index contributed by atoms with van der Waals surface area (Å²) >= 11 is 0. The second-order valence-corrected chi connectivity index (χ2v) is 4.05. The third-order valence-electron chi connectivity index (χ3n) is 2.62. The number of aryl methyl sites for hydroxylation is 1. The Hall–Kier alpha value is -2.23. The molecule has 18 heavy (non-hydrogen) atoms.